The molecule has 0 saturated heterocycles. The zero-order valence-electron chi connectivity index (χ0n) is 9.04. The van der Waals surface area contributed by atoms with Gasteiger partial charge in [0.2, 0.25) is 0 Å². The number of hydrogen-bond donors (Lipinski definition) is 0. The van der Waals surface area contributed by atoms with Crippen LogP contribution in [0, 0.1) is 6.92 Å². The Labute approximate surface area is 84.6 Å². The molecular weight excluding hydrogens is 172 g/mol. The number of pyridine rings is 1. The van der Waals surface area contributed by atoms with Crippen molar-refractivity contribution in [2.45, 2.75) is 26.7 Å². The van der Waals surface area contributed by atoms with Crippen molar-refractivity contribution >= 4 is 10.9 Å². The van der Waals surface area contributed by atoms with Crippen molar-refractivity contribution in [2.75, 3.05) is 0 Å². The highest BCUT2D eigenvalue weighted by molar-refractivity contribution is 5.83. The zero-order chi connectivity index (χ0) is 10.1. The van der Waals surface area contributed by atoms with Gasteiger partial charge >= 0.3 is 0 Å². The molecule has 74 valence electrons. The van der Waals surface area contributed by atoms with Crippen LogP contribution in [0.15, 0.2) is 18.5 Å². The van der Waals surface area contributed by atoms with Gasteiger partial charge in [-0.3, -0.25) is 4.98 Å². The minimum Gasteiger partial charge on any atom is -0.350 e. The van der Waals surface area contributed by atoms with Crippen LogP contribution in [0.4, 0.5) is 0 Å². The van der Waals surface area contributed by atoms with Gasteiger partial charge in [-0.15, -0.1) is 0 Å². The molecule has 0 spiro atoms. The Morgan fingerprint density at radius 1 is 1.43 bits per heavy atom. The summed E-state index contributed by atoms with van der Waals surface area (Å²) in [5, 5.41) is 1.31. The van der Waals surface area contributed by atoms with E-state index in [1.165, 1.54) is 22.9 Å². The second-order valence-corrected chi connectivity index (χ2v) is 3.86. The maximum atomic E-state index is 4.35. The van der Waals surface area contributed by atoms with Crippen LogP contribution in [0.25, 0.3) is 10.9 Å². The molecule has 0 atom stereocenters. The Hall–Kier alpha value is -1.31. The molecule has 0 saturated carbocycles. The van der Waals surface area contributed by atoms with E-state index in [0.717, 1.165) is 12.1 Å². The molecule has 2 aromatic rings. The van der Waals surface area contributed by atoms with E-state index >= 15 is 0 Å². The van der Waals surface area contributed by atoms with Gasteiger partial charge in [0.25, 0.3) is 0 Å². The van der Waals surface area contributed by atoms with Gasteiger partial charge < -0.3 is 4.57 Å². The summed E-state index contributed by atoms with van der Waals surface area (Å²) >= 11 is 0. The largest absolute Gasteiger partial charge is 0.350 e. The minimum absolute atomic E-state index is 1.08. The quantitative estimate of drug-likeness (QED) is 0.708. The lowest BCUT2D eigenvalue weighted by molar-refractivity contribution is 0.903. The average Bonchev–Trinajstić information content (AvgIpc) is 2.44. The van der Waals surface area contributed by atoms with Crippen LogP contribution in [0.1, 0.15) is 24.6 Å². The predicted molar refractivity (Wildman–Crippen MR) is 59.4 cm³/mol. The van der Waals surface area contributed by atoms with Crippen LogP contribution in [0.5, 0.6) is 0 Å². The monoisotopic (exact) mass is 188 g/mol. The van der Waals surface area contributed by atoms with Crippen LogP contribution in [-0.4, -0.2) is 9.55 Å². The molecule has 2 rings (SSSR count). The molecule has 0 amide bonds. The Morgan fingerprint density at radius 2 is 2.21 bits per heavy atom. The van der Waals surface area contributed by atoms with Crippen LogP contribution in [0.3, 0.4) is 0 Å². The molecule has 2 heterocycles. The first-order valence-corrected chi connectivity index (χ1v) is 5.13. The predicted octanol–water partition coefficient (Wildman–Crippen LogP) is 2.83. The number of fused-ring (bicyclic) bond motifs is 1. The fraction of sp³-hybridized carbons (Fsp3) is 0.417. The van der Waals surface area contributed by atoms with Crippen LogP contribution in [0.2, 0.25) is 0 Å². The second-order valence-electron chi connectivity index (χ2n) is 3.86. The lowest BCUT2D eigenvalue weighted by Crippen LogP contribution is -1.85. The molecular formula is C12H16N2. The van der Waals surface area contributed by atoms with Crippen molar-refractivity contribution in [3.8, 4) is 0 Å². The maximum absolute atomic E-state index is 4.35. The molecule has 0 unspecified atom stereocenters. The Balaban J connectivity index is 2.65. The SMILES string of the molecule is CCCc1cn(C)c2cc(C)ncc12. The molecule has 0 aliphatic carbocycles. The lowest BCUT2D eigenvalue weighted by atomic mass is 10.1. The van der Waals surface area contributed by atoms with E-state index in [-0.39, 0.29) is 0 Å². The van der Waals surface area contributed by atoms with E-state index in [1.54, 1.807) is 0 Å². The van der Waals surface area contributed by atoms with Gasteiger partial charge in [-0.05, 0) is 25.0 Å². The van der Waals surface area contributed by atoms with Gasteiger partial charge in [-0.2, -0.15) is 0 Å². The fourth-order valence-corrected chi connectivity index (χ4v) is 1.93. The summed E-state index contributed by atoms with van der Waals surface area (Å²) in [7, 11) is 2.10. The van der Waals surface area contributed by atoms with Gasteiger partial charge in [0.05, 0.1) is 5.52 Å². The van der Waals surface area contributed by atoms with E-state index < -0.39 is 0 Å². The summed E-state index contributed by atoms with van der Waals surface area (Å²) in [4.78, 5) is 4.35. The van der Waals surface area contributed by atoms with Crippen molar-refractivity contribution < 1.29 is 0 Å². The highest BCUT2D eigenvalue weighted by atomic mass is 14.9. The van der Waals surface area contributed by atoms with Crippen molar-refractivity contribution in [1.82, 2.24) is 9.55 Å². The highest BCUT2D eigenvalue weighted by Gasteiger charge is 2.05. The minimum atomic E-state index is 1.08. The smallest absolute Gasteiger partial charge is 0.0514 e. The molecule has 2 heteroatoms. The lowest BCUT2D eigenvalue weighted by Gasteiger charge is -1.97. The van der Waals surface area contributed by atoms with Gasteiger partial charge in [0.15, 0.2) is 0 Å². The first kappa shape index (κ1) is 9.25. The molecule has 14 heavy (non-hydrogen) atoms. The molecule has 0 aromatic carbocycles. The normalized spacial score (nSPS) is 11.1. The van der Waals surface area contributed by atoms with Crippen molar-refractivity contribution in [3.05, 3.63) is 29.7 Å². The van der Waals surface area contributed by atoms with Crippen molar-refractivity contribution in [3.63, 3.8) is 0 Å². The number of aromatic nitrogens is 2. The number of aryl methyl sites for hydroxylation is 3. The van der Waals surface area contributed by atoms with Crippen molar-refractivity contribution in [2.24, 2.45) is 7.05 Å². The summed E-state index contributed by atoms with van der Waals surface area (Å²) < 4.78 is 2.19. The van der Waals surface area contributed by atoms with E-state index in [1.807, 2.05) is 13.1 Å². The Morgan fingerprint density at radius 3 is 2.93 bits per heavy atom. The molecule has 2 nitrogen and oxygen atoms in total. The molecule has 2 aromatic heterocycles. The topological polar surface area (TPSA) is 17.8 Å². The second kappa shape index (κ2) is 3.45. The van der Waals surface area contributed by atoms with Gasteiger partial charge in [0, 0.05) is 30.5 Å². The summed E-state index contributed by atoms with van der Waals surface area (Å²) in [5.74, 6) is 0. The zero-order valence-corrected chi connectivity index (χ0v) is 9.04. The molecule has 0 aliphatic heterocycles. The molecule has 0 aliphatic rings. The van der Waals surface area contributed by atoms with Crippen LogP contribution >= 0.6 is 0 Å². The van der Waals surface area contributed by atoms with Gasteiger partial charge in [0.1, 0.15) is 0 Å². The number of nitrogens with zero attached hydrogens (tertiary/aromatic N) is 2. The first-order valence-electron chi connectivity index (χ1n) is 5.13. The van der Waals surface area contributed by atoms with E-state index in [0.29, 0.717) is 0 Å². The van der Waals surface area contributed by atoms with E-state index in [4.69, 9.17) is 0 Å². The third-order valence-corrected chi connectivity index (χ3v) is 2.61. The molecule has 0 bridgehead atoms. The molecule has 0 radical (unpaired) electrons. The van der Waals surface area contributed by atoms with Crippen molar-refractivity contribution in [1.29, 1.82) is 0 Å². The molecule has 0 N–H and O–H groups in total. The highest BCUT2D eigenvalue weighted by Crippen LogP contribution is 2.21. The third kappa shape index (κ3) is 1.41. The number of hydrogen-bond acceptors (Lipinski definition) is 1. The Bertz CT molecular complexity index is 455. The summed E-state index contributed by atoms with van der Waals surface area (Å²) in [6.45, 7) is 4.24. The van der Waals surface area contributed by atoms with Gasteiger partial charge in [-0.1, -0.05) is 13.3 Å². The number of rotatable bonds is 2. The summed E-state index contributed by atoms with van der Waals surface area (Å²) in [6, 6.07) is 2.15. The summed E-state index contributed by atoms with van der Waals surface area (Å²) in [6.07, 6.45) is 6.54. The van der Waals surface area contributed by atoms with E-state index in [9.17, 15) is 0 Å². The first-order chi connectivity index (χ1) is 6.72. The third-order valence-electron chi connectivity index (χ3n) is 2.61. The van der Waals surface area contributed by atoms with Crippen LogP contribution < -0.4 is 0 Å². The fourth-order valence-electron chi connectivity index (χ4n) is 1.93. The molecule has 0 fully saturated rings. The van der Waals surface area contributed by atoms with E-state index in [2.05, 4.69) is 35.8 Å². The standard InChI is InChI=1S/C12H16N2/c1-4-5-10-8-14(3)12-6-9(2)13-7-11(10)12/h6-8H,4-5H2,1-3H3. The van der Waals surface area contributed by atoms with Gasteiger partial charge in [-0.25, -0.2) is 0 Å². The van der Waals surface area contributed by atoms with Crippen LogP contribution in [-0.2, 0) is 13.5 Å². The summed E-state index contributed by atoms with van der Waals surface area (Å²) in [5.41, 5.74) is 3.79. The maximum Gasteiger partial charge on any atom is 0.0514 e. The average molecular weight is 188 g/mol. The Kier molecular flexibility index (Phi) is 2.28.